The summed E-state index contributed by atoms with van der Waals surface area (Å²) in [6.45, 7) is 3.08. The van der Waals surface area contributed by atoms with Gasteiger partial charge in [-0.1, -0.05) is 17.7 Å². The van der Waals surface area contributed by atoms with E-state index in [1.165, 1.54) is 9.29 Å². The average Bonchev–Trinajstić information content (AvgIpc) is 2.02. The minimum Gasteiger partial charge on any atom is -0.294 e. The second-order valence-corrected chi connectivity index (χ2v) is 5.22. The maximum atomic E-state index is 6.02. The molecule has 0 aromatic carbocycles. The second-order valence-electron chi connectivity index (χ2n) is 3.53. The minimum absolute atomic E-state index is 0.511. The lowest BCUT2D eigenvalue weighted by molar-refractivity contribution is 0.508. The lowest BCUT2D eigenvalue weighted by Crippen LogP contribution is -2.27. The smallest absolute Gasteiger partial charge is 0.0394 e. The van der Waals surface area contributed by atoms with Crippen molar-refractivity contribution in [1.29, 1.82) is 0 Å². The fourth-order valence-corrected chi connectivity index (χ4v) is 3.73. The zero-order valence-electron chi connectivity index (χ0n) is 7.43. The quantitative estimate of drug-likeness (QED) is 0.607. The SMILES string of the molecule is CC1=NCCC2C=C(Cl)C=C(I)C12. The van der Waals surface area contributed by atoms with Gasteiger partial charge in [0.1, 0.15) is 0 Å². The van der Waals surface area contributed by atoms with E-state index in [0.29, 0.717) is 11.8 Å². The molecular weight excluding hydrogens is 296 g/mol. The third kappa shape index (κ3) is 1.84. The molecule has 1 aliphatic heterocycles. The number of rotatable bonds is 0. The van der Waals surface area contributed by atoms with Gasteiger partial charge in [0, 0.05) is 26.8 Å². The molecule has 0 aromatic heterocycles. The van der Waals surface area contributed by atoms with Crippen LogP contribution in [-0.2, 0) is 0 Å². The van der Waals surface area contributed by atoms with E-state index in [4.69, 9.17) is 11.6 Å². The van der Waals surface area contributed by atoms with Crippen LogP contribution in [0.25, 0.3) is 0 Å². The molecule has 0 bridgehead atoms. The number of fused-ring (bicyclic) bond motifs is 1. The minimum atomic E-state index is 0.511. The van der Waals surface area contributed by atoms with Crippen LogP contribution in [0.1, 0.15) is 13.3 Å². The molecule has 1 nitrogen and oxygen atoms in total. The zero-order valence-corrected chi connectivity index (χ0v) is 10.3. The first-order valence-corrected chi connectivity index (χ1v) is 5.89. The van der Waals surface area contributed by atoms with Crippen LogP contribution in [0.4, 0.5) is 0 Å². The van der Waals surface area contributed by atoms with Gasteiger partial charge in [0.25, 0.3) is 0 Å². The number of halogens is 2. The Hall–Kier alpha value is 0.170. The van der Waals surface area contributed by atoms with Crippen molar-refractivity contribution in [2.24, 2.45) is 16.8 Å². The molecule has 0 N–H and O–H groups in total. The fourth-order valence-electron chi connectivity index (χ4n) is 2.02. The summed E-state index contributed by atoms with van der Waals surface area (Å²) in [5.41, 5.74) is 1.26. The summed E-state index contributed by atoms with van der Waals surface area (Å²) in [6.07, 6.45) is 5.36. The van der Waals surface area contributed by atoms with Crippen LogP contribution >= 0.6 is 34.2 Å². The van der Waals surface area contributed by atoms with Gasteiger partial charge in [-0.15, -0.1) is 0 Å². The van der Waals surface area contributed by atoms with Crippen molar-refractivity contribution in [3.63, 3.8) is 0 Å². The largest absolute Gasteiger partial charge is 0.294 e. The molecule has 3 heteroatoms. The summed E-state index contributed by atoms with van der Waals surface area (Å²) in [5, 5.41) is 0.889. The molecule has 2 atom stereocenters. The summed E-state index contributed by atoms with van der Waals surface area (Å²) < 4.78 is 1.33. The number of allylic oxidation sites excluding steroid dienone is 4. The Balaban J connectivity index is 2.36. The Labute approximate surface area is 97.1 Å². The standard InChI is InChI=1S/C10H11ClIN/c1-6-10-7(2-3-13-6)4-8(11)5-9(10)12/h4-5,7,10H,2-3H2,1H3. The Morgan fingerprint density at radius 2 is 2.38 bits per heavy atom. The van der Waals surface area contributed by atoms with Gasteiger partial charge < -0.3 is 0 Å². The predicted octanol–water partition coefficient (Wildman–Crippen LogP) is 3.54. The van der Waals surface area contributed by atoms with Crippen molar-refractivity contribution in [2.45, 2.75) is 13.3 Å². The summed E-state index contributed by atoms with van der Waals surface area (Å²) in [6, 6.07) is 0. The molecular formula is C10H11ClIN. The highest BCUT2D eigenvalue weighted by molar-refractivity contribution is 14.1. The molecule has 2 rings (SSSR count). The Kier molecular flexibility index (Phi) is 2.79. The first-order chi connectivity index (χ1) is 6.18. The lowest BCUT2D eigenvalue weighted by atomic mass is 9.81. The van der Waals surface area contributed by atoms with Crippen LogP contribution in [-0.4, -0.2) is 12.3 Å². The summed E-state index contributed by atoms with van der Waals surface area (Å²) in [7, 11) is 0. The van der Waals surface area contributed by atoms with Crippen molar-refractivity contribution < 1.29 is 0 Å². The van der Waals surface area contributed by atoms with Gasteiger partial charge in [-0.05, 0) is 47.9 Å². The normalized spacial score (nSPS) is 33.0. The van der Waals surface area contributed by atoms with E-state index in [1.54, 1.807) is 0 Å². The molecule has 0 amide bonds. The summed E-state index contributed by atoms with van der Waals surface area (Å²) in [4.78, 5) is 4.49. The van der Waals surface area contributed by atoms with Gasteiger partial charge in [-0.25, -0.2) is 0 Å². The monoisotopic (exact) mass is 307 g/mol. The lowest BCUT2D eigenvalue weighted by Gasteiger charge is -2.31. The zero-order chi connectivity index (χ0) is 9.42. The van der Waals surface area contributed by atoms with Crippen LogP contribution < -0.4 is 0 Å². The number of hydrogen-bond donors (Lipinski definition) is 0. The van der Waals surface area contributed by atoms with Gasteiger partial charge in [0.15, 0.2) is 0 Å². The topological polar surface area (TPSA) is 12.4 Å². The average molecular weight is 308 g/mol. The van der Waals surface area contributed by atoms with E-state index in [-0.39, 0.29) is 0 Å². The maximum absolute atomic E-state index is 6.02. The molecule has 0 spiro atoms. The van der Waals surface area contributed by atoms with E-state index in [9.17, 15) is 0 Å². The first-order valence-electron chi connectivity index (χ1n) is 4.44. The van der Waals surface area contributed by atoms with Crippen LogP contribution in [0.5, 0.6) is 0 Å². The van der Waals surface area contributed by atoms with Crippen LogP contribution in [0.3, 0.4) is 0 Å². The van der Waals surface area contributed by atoms with E-state index in [0.717, 1.165) is 18.0 Å². The molecule has 1 aliphatic carbocycles. The van der Waals surface area contributed by atoms with E-state index >= 15 is 0 Å². The molecule has 2 unspecified atom stereocenters. The molecule has 0 radical (unpaired) electrons. The van der Waals surface area contributed by atoms with Crippen molar-refractivity contribution in [3.8, 4) is 0 Å². The molecule has 1 heterocycles. The molecule has 0 fully saturated rings. The maximum Gasteiger partial charge on any atom is 0.0394 e. The third-order valence-corrected chi connectivity index (χ3v) is 3.87. The third-order valence-electron chi connectivity index (χ3n) is 2.65. The van der Waals surface area contributed by atoms with Gasteiger partial charge in [-0.3, -0.25) is 4.99 Å². The first kappa shape index (κ1) is 9.71. The molecule has 0 aromatic rings. The fraction of sp³-hybridized carbons (Fsp3) is 0.500. The molecule has 13 heavy (non-hydrogen) atoms. The Bertz CT molecular complexity index is 317. The second kappa shape index (κ2) is 3.73. The van der Waals surface area contributed by atoms with Crippen LogP contribution in [0.15, 0.2) is 25.8 Å². The van der Waals surface area contributed by atoms with Gasteiger partial charge in [0.2, 0.25) is 0 Å². The highest BCUT2D eigenvalue weighted by Gasteiger charge is 2.30. The van der Waals surface area contributed by atoms with Gasteiger partial charge in [0.05, 0.1) is 0 Å². The molecule has 2 aliphatic rings. The van der Waals surface area contributed by atoms with Crippen molar-refractivity contribution >= 4 is 39.9 Å². The number of hydrogen-bond acceptors (Lipinski definition) is 1. The number of nitrogens with zero attached hydrogens (tertiary/aromatic N) is 1. The summed E-state index contributed by atoms with van der Waals surface area (Å²) >= 11 is 8.40. The number of aliphatic imine (C=N–C) groups is 1. The highest BCUT2D eigenvalue weighted by atomic mass is 127. The highest BCUT2D eigenvalue weighted by Crippen LogP contribution is 2.38. The molecule has 70 valence electrons. The van der Waals surface area contributed by atoms with E-state index in [1.807, 2.05) is 6.08 Å². The molecule has 0 saturated heterocycles. The van der Waals surface area contributed by atoms with Crippen molar-refractivity contribution in [3.05, 3.63) is 20.8 Å². The van der Waals surface area contributed by atoms with E-state index in [2.05, 4.69) is 40.6 Å². The van der Waals surface area contributed by atoms with Crippen LogP contribution in [0, 0.1) is 11.8 Å². The Morgan fingerprint density at radius 1 is 1.62 bits per heavy atom. The van der Waals surface area contributed by atoms with Crippen molar-refractivity contribution in [1.82, 2.24) is 0 Å². The summed E-state index contributed by atoms with van der Waals surface area (Å²) in [5.74, 6) is 1.10. The van der Waals surface area contributed by atoms with Gasteiger partial charge >= 0.3 is 0 Å². The van der Waals surface area contributed by atoms with Crippen molar-refractivity contribution in [2.75, 3.05) is 6.54 Å². The van der Waals surface area contributed by atoms with Gasteiger partial charge in [-0.2, -0.15) is 0 Å². The van der Waals surface area contributed by atoms with E-state index < -0.39 is 0 Å². The molecule has 0 saturated carbocycles. The predicted molar refractivity (Wildman–Crippen MR) is 65.6 cm³/mol. The Morgan fingerprint density at radius 3 is 3.15 bits per heavy atom. The van der Waals surface area contributed by atoms with Crippen LogP contribution in [0.2, 0.25) is 0 Å².